The Morgan fingerprint density at radius 2 is 1.84 bits per heavy atom. The summed E-state index contributed by atoms with van der Waals surface area (Å²) in [6, 6.07) is 15.8. The van der Waals surface area contributed by atoms with E-state index in [9.17, 15) is 4.79 Å². The van der Waals surface area contributed by atoms with Crippen molar-refractivity contribution in [2.24, 2.45) is 0 Å². The van der Waals surface area contributed by atoms with Crippen molar-refractivity contribution < 1.29 is 4.79 Å². The lowest BCUT2D eigenvalue weighted by atomic mass is 10.0. The maximum Gasteiger partial charge on any atom is 0.186 e. The van der Waals surface area contributed by atoms with Crippen molar-refractivity contribution in [3.63, 3.8) is 0 Å². The molecule has 0 amide bonds. The van der Waals surface area contributed by atoms with E-state index >= 15 is 0 Å². The number of hydrogen-bond donors (Lipinski definition) is 0. The van der Waals surface area contributed by atoms with E-state index in [0.29, 0.717) is 0 Å². The number of ketones is 1. The van der Waals surface area contributed by atoms with Crippen LogP contribution in [0.25, 0.3) is 16.8 Å². The molecule has 92 valence electrons. The van der Waals surface area contributed by atoms with E-state index in [2.05, 4.69) is 0 Å². The normalized spacial score (nSPS) is 11.2. The van der Waals surface area contributed by atoms with Crippen LogP contribution in [0, 0.1) is 0 Å². The molecule has 0 atom stereocenters. The molecule has 0 saturated heterocycles. The van der Waals surface area contributed by atoms with Gasteiger partial charge in [0.25, 0.3) is 0 Å². The van der Waals surface area contributed by atoms with E-state index < -0.39 is 0 Å². The van der Waals surface area contributed by atoms with Gasteiger partial charge in [-0.25, -0.2) is 0 Å². The van der Waals surface area contributed by atoms with Gasteiger partial charge in [0.1, 0.15) is 0 Å². The van der Waals surface area contributed by atoms with Crippen molar-refractivity contribution in [1.29, 1.82) is 0 Å². The number of rotatable bonds is 3. The first kappa shape index (κ1) is 11.9. The number of hydrogen-bond acceptors (Lipinski definition) is 2. The summed E-state index contributed by atoms with van der Waals surface area (Å²) in [7, 11) is 0. The third-order valence-corrected chi connectivity index (χ3v) is 3.73. The summed E-state index contributed by atoms with van der Waals surface area (Å²) in [5, 5.41) is 6.12. The van der Waals surface area contributed by atoms with Gasteiger partial charge in [0, 0.05) is 5.56 Å². The van der Waals surface area contributed by atoms with Gasteiger partial charge in [-0.2, -0.15) is 11.3 Å². The smallest absolute Gasteiger partial charge is 0.186 e. The first-order valence-electron chi connectivity index (χ1n) is 6.07. The van der Waals surface area contributed by atoms with Crippen molar-refractivity contribution in [1.82, 2.24) is 0 Å². The molecule has 3 rings (SSSR count). The maximum absolute atomic E-state index is 12.3. The van der Waals surface area contributed by atoms with E-state index in [1.54, 1.807) is 17.4 Å². The zero-order chi connectivity index (χ0) is 13.1. The molecule has 1 heterocycles. The molecule has 0 aliphatic heterocycles. The van der Waals surface area contributed by atoms with Crippen LogP contribution in [0.3, 0.4) is 0 Å². The Bertz CT molecular complexity index is 734. The summed E-state index contributed by atoms with van der Waals surface area (Å²) in [4.78, 5) is 12.3. The summed E-state index contributed by atoms with van der Waals surface area (Å²) < 4.78 is 0. The first-order chi connectivity index (χ1) is 9.34. The fraction of sp³-hybridized carbons (Fsp3) is 0. The van der Waals surface area contributed by atoms with Crippen LogP contribution in [-0.4, -0.2) is 5.78 Å². The largest absolute Gasteiger partial charge is 0.289 e. The van der Waals surface area contributed by atoms with Gasteiger partial charge < -0.3 is 0 Å². The molecule has 0 radical (unpaired) electrons. The predicted molar refractivity (Wildman–Crippen MR) is 81.6 cm³/mol. The summed E-state index contributed by atoms with van der Waals surface area (Å²) in [5.41, 5.74) is 1.82. The number of carbonyl (C=O) groups is 1. The summed E-state index contributed by atoms with van der Waals surface area (Å²) in [6.07, 6.45) is 3.50. The second-order valence-electron chi connectivity index (χ2n) is 4.28. The molecule has 0 N–H and O–H groups in total. The van der Waals surface area contributed by atoms with Crippen LogP contribution in [0.4, 0.5) is 0 Å². The molecule has 1 nitrogen and oxygen atoms in total. The Morgan fingerprint density at radius 1 is 1.00 bits per heavy atom. The Balaban J connectivity index is 1.98. The number of carbonyl (C=O) groups excluding carboxylic acids is 1. The molecule has 0 spiro atoms. The molecule has 0 unspecified atom stereocenters. The Labute approximate surface area is 115 Å². The average Bonchev–Trinajstić information content (AvgIpc) is 2.97. The molecule has 0 aliphatic rings. The minimum atomic E-state index is 0.0444. The van der Waals surface area contributed by atoms with Crippen LogP contribution < -0.4 is 0 Å². The summed E-state index contributed by atoms with van der Waals surface area (Å²) in [6.45, 7) is 0. The molecule has 2 heteroatoms. The van der Waals surface area contributed by atoms with Crippen molar-refractivity contribution in [2.75, 3.05) is 0 Å². The van der Waals surface area contributed by atoms with E-state index in [1.165, 1.54) is 0 Å². The molecule has 19 heavy (non-hydrogen) atoms. The maximum atomic E-state index is 12.3. The molecule has 0 bridgehead atoms. The van der Waals surface area contributed by atoms with Crippen LogP contribution in [0.15, 0.2) is 65.4 Å². The second-order valence-corrected chi connectivity index (χ2v) is 5.06. The van der Waals surface area contributed by atoms with Crippen molar-refractivity contribution in [3.8, 4) is 0 Å². The van der Waals surface area contributed by atoms with Crippen molar-refractivity contribution in [2.45, 2.75) is 0 Å². The fourth-order valence-electron chi connectivity index (χ4n) is 2.07. The third-order valence-electron chi connectivity index (χ3n) is 3.03. The van der Waals surface area contributed by atoms with E-state index in [0.717, 1.165) is 21.9 Å². The number of fused-ring (bicyclic) bond motifs is 1. The highest BCUT2D eigenvalue weighted by Crippen LogP contribution is 2.19. The molecule has 2 aromatic carbocycles. The monoisotopic (exact) mass is 264 g/mol. The van der Waals surface area contributed by atoms with Crippen LogP contribution in [0.2, 0.25) is 0 Å². The van der Waals surface area contributed by atoms with Gasteiger partial charge in [-0.05, 0) is 39.2 Å². The van der Waals surface area contributed by atoms with E-state index in [4.69, 9.17) is 0 Å². The van der Waals surface area contributed by atoms with Gasteiger partial charge in [-0.15, -0.1) is 0 Å². The van der Waals surface area contributed by atoms with E-state index in [1.807, 2.05) is 65.4 Å². The summed E-state index contributed by atoms with van der Waals surface area (Å²) >= 11 is 1.63. The SMILES string of the molecule is O=C(/C=C/c1ccsc1)c1cccc2ccccc12. The molecular formula is C17H12OS. The van der Waals surface area contributed by atoms with Crippen LogP contribution in [0.1, 0.15) is 15.9 Å². The fourth-order valence-corrected chi connectivity index (χ4v) is 2.70. The predicted octanol–water partition coefficient (Wildman–Crippen LogP) is 4.80. The Kier molecular flexibility index (Phi) is 3.25. The highest BCUT2D eigenvalue weighted by Gasteiger charge is 2.06. The standard InChI is InChI=1S/C17H12OS/c18-17(9-8-13-10-11-19-12-13)16-7-3-5-14-4-1-2-6-15(14)16/h1-12H/b9-8+. The lowest BCUT2D eigenvalue weighted by Gasteiger charge is -2.02. The van der Waals surface area contributed by atoms with Gasteiger partial charge in [-0.1, -0.05) is 48.5 Å². The highest BCUT2D eigenvalue weighted by atomic mass is 32.1. The van der Waals surface area contributed by atoms with Gasteiger partial charge >= 0.3 is 0 Å². The topological polar surface area (TPSA) is 17.1 Å². The molecular weight excluding hydrogens is 252 g/mol. The van der Waals surface area contributed by atoms with Gasteiger partial charge in [0.15, 0.2) is 5.78 Å². The average molecular weight is 264 g/mol. The van der Waals surface area contributed by atoms with E-state index in [-0.39, 0.29) is 5.78 Å². The molecule has 0 fully saturated rings. The second kappa shape index (κ2) is 5.21. The zero-order valence-corrected chi connectivity index (χ0v) is 11.1. The van der Waals surface area contributed by atoms with Gasteiger partial charge in [0.05, 0.1) is 0 Å². The van der Waals surface area contributed by atoms with Crippen LogP contribution >= 0.6 is 11.3 Å². The molecule has 1 aromatic heterocycles. The molecule has 0 aliphatic carbocycles. The minimum absolute atomic E-state index is 0.0444. The van der Waals surface area contributed by atoms with Crippen molar-refractivity contribution >= 4 is 34.0 Å². The van der Waals surface area contributed by atoms with Crippen LogP contribution in [-0.2, 0) is 0 Å². The number of benzene rings is 2. The molecule has 0 saturated carbocycles. The lowest BCUT2D eigenvalue weighted by molar-refractivity contribution is 0.104. The minimum Gasteiger partial charge on any atom is -0.289 e. The Morgan fingerprint density at radius 3 is 2.68 bits per heavy atom. The quantitative estimate of drug-likeness (QED) is 0.490. The third kappa shape index (κ3) is 2.49. The van der Waals surface area contributed by atoms with Gasteiger partial charge in [0.2, 0.25) is 0 Å². The molecule has 3 aromatic rings. The zero-order valence-electron chi connectivity index (χ0n) is 10.2. The first-order valence-corrected chi connectivity index (χ1v) is 7.01. The van der Waals surface area contributed by atoms with Crippen LogP contribution in [0.5, 0.6) is 0 Å². The lowest BCUT2D eigenvalue weighted by Crippen LogP contribution is -1.95. The Hall–Kier alpha value is -2.19. The number of allylic oxidation sites excluding steroid dienone is 1. The highest BCUT2D eigenvalue weighted by molar-refractivity contribution is 7.08. The number of thiophene rings is 1. The van der Waals surface area contributed by atoms with Gasteiger partial charge in [-0.3, -0.25) is 4.79 Å². The summed E-state index contributed by atoms with van der Waals surface area (Å²) in [5.74, 6) is 0.0444. The van der Waals surface area contributed by atoms with Crippen molar-refractivity contribution in [3.05, 3.63) is 76.5 Å².